The fourth-order valence-electron chi connectivity index (χ4n) is 2.51. The van der Waals surface area contributed by atoms with Gasteiger partial charge < -0.3 is 14.6 Å². The Hall–Kier alpha value is -0.930. The fraction of sp³-hybridized carbons (Fsp3) is 0.600. The van der Waals surface area contributed by atoms with Crippen LogP contribution in [-0.4, -0.2) is 18.3 Å². The number of ether oxygens (including phenoxy) is 2. The van der Waals surface area contributed by atoms with Crippen molar-refractivity contribution in [3.63, 3.8) is 0 Å². The van der Waals surface area contributed by atoms with Gasteiger partial charge in [-0.25, -0.2) is 0 Å². The molecular formula is C15H21ClO3. The Kier molecular flexibility index (Phi) is 5.34. The summed E-state index contributed by atoms with van der Waals surface area (Å²) >= 11 is 6.24. The number of aliphatic hydroxyl groups excluding tert-OH is 1. The summed E-state index contributed by atoms with van der Waals surface area (Å²) in [5, 5.41) is 9.68. The molecule has 0 radical (unpaired) electrons. The molecule has 1 fully saturated rings. The summed E-state index contributed by atoms with van der Waals surface area (Å²) in [4.78, 5) is 0. The molecule has 0 saturated heterocycles. The molecule has 0 bridgehead atoms. The van der Waals surface area contributed by atoms with E-state index in [1.807, 2.05) is 0 Å². The first-order valence-electron chi connectivity index (χ1n) is 6.88. The minimum absolute atomic E-state index is 0.0558. The van der Waals surface area contributed by atoms with Crippen LogP contribution >= 0.6 is 11.6 Å². The third kappa shape index (κ3) is 3.77. The van der Waals surface area contributed by atoms with E-state index in [-0.39, 0.29) is 12.7 Å². The first kappa shape index (κ1) is 14.5. The molecule has 0 heterocycles. The van der Waals surface area contributed by atoms with Crippen molar-refractivity contribution >= 4 is 11.6 Å². The average molecular weight is 285 g/mol. The second kappa shape index (κ2) is 7.01. The predicted octanol–water partition coefficient (Wildman–Crippen LogP) is 3.94. The Balaban J connectivity index is 2.18. The van der Waals surface area contributed by atoms with Gasteiger partial charge in [0.05, 0.1) is 24.8 Å². The largest absolute Gasteiger partial charge is 0.493 e. The smallest absolute Gasteiger partial charge is 0.180 e. The quantitative estimate of drug-likeness (QED) is 0.851. The summed E-state index contributed by atoms with van der Waals surface area (Å²) in [6, 6.07) is 3.51. The van der Waals surface area contributed by atoms with Crippen LogP contribution in [0.1, 0.15) is 44.1 Å². The highest BCUT2D eigenvalue weighted by molar-refractivity contribution is 6.32. The van der Waals surface area contributed by atoms with E-state index in [4.69, 9.17) is 21.1 Å². The Morgan fingerprint density at radius 3 is 2.47 bits per heavy atom. The van der Waals surface area contributed by atoms with Crippen molar-refractivity contribution in [1.82, 2.24) is 0 Å². The number of methoxy groups -OCH3 is 1. The lowest BCUT2D eigenvalue weighted by Crippen LogP contribution is -2.16. The summed E-state index contributed by atoms with van der Waals surface area (Å²) in [5.74, 6) is 1.20. The van der Waals surface area contributed by atoms with Crippen molar-refractivity contribution in [2.24, 2.45) is 0 Å². The molecule has 0 spiro atoms. The normalized spacial score (nSPS) is 17.0. The van der Waals surface area contributed by atoms with Crippen LogP contribution < -0.4 is 9.47 Å². The van der Waals surface area contributed by atoms with E-state index in [9.17, 15) is 5.11 Å². The van der Waals surface area contributed by atoms with Gasteiger partial charge in [-0.1, -0.05) is 24.4 Å². The maximum atomic E-state index is 9.18. The van der Waals surface area contributed by atoms with Gasteiger partial charge in [-0.3, -0.25) is 0 Å². The van der Waals surface area contributed by atoms with Crippen LogP contribution in [0.3, 0.4) is 0 Å². The molecule has 0 aromatic heterocycles. The van der Waals surface area contributed by atoms with E-state index < -0.39 is 0 Å². The Bertz CT molecular complexity index is 412. The molecule has 0 unspecified atom stereocenters. The van der Waals surface area contributed by atoms with Crippen LogP contribution in [-0.2, 0) is 6.61 Å². The number of aliphatic hydroxyl groups is 1. The summed E-state index contributed by atoms with van der Waals surface area (Å²) < 4.78 is 11.4. The highest BCUT2D eigenvalue weighted by Gasteiger charge is 2.18. The maximum absolute atomic E-state index is 9.18. The van der Waals surface area contributed by atoms with E-state index >= 15 is 0 Å². The Labute approximate surface area is 119 Å². The van der Waals surface area contributed by atoms with E-state index in [2.05, 4.69) is 0 Å². The maximum Gasteiger partial charge on any atom is 0.180 e. The third-order valence-corrected chi connectivity index (χ3v) is 3.84. The van der Waals surface area contributed by atoms with Crippen molar-refractivity contribution in [2.45, 2.75) is 51.2 Å². The predicted molar refractivity (Wildman–Crippen MR) is 76.0 cm³/mol. The molecule has 1 aromatic rings. The van der Waals surface area contributed by atoms with E-state index in [1.165, 1.54) is 25.7 Å². The SMILES string of the molecule is COc1cc(CO)cc(Cl)c1OC1CCCCCC1. The van der Waals surface area contributed by atoms with E-state index in [0.717, 1.165) is 18.4 Å². The zero-order chi connectivity index (χ0) is 13.7. The lowest BCUT2D eigenvalue weighted by Gasteiger charge is -2.20. The van der Waals surface area contributed by atoms with Crippen LogP contribution in [0.4, 0.5) is 0 Å². The number of benzene rings is 1. The van der Waals surface area contributed by atoms with Crippen molar-refractivity contribution in [3.8, 4) is 11.5 Å². The highest BCUT2D eigenvalue weighted by Crippen LogP contribution is 2.38. The first-order valence-corrected chi connectivity index (χ1v) is 7.26. The van der Waals surface area contributed by atoms with Crippen LogP contribution in [0.15, 0.2) is 12.1 Å². The lowest BCUT2D eigenvalue weighted by atomic mass is 10.1. The molecule has 0 aliphatic heterocycles. The molecule has 0 amide bonds. The summed E-state index contributed by atoms with van der Waals surface area (Å²) in [7, 11) is 1.59. The monoisotopic (exact) mass is 284 g/mol. The van der Waals surface area contributed by atoms with Gasteiger partial charge in [0, 0.05) is 0 Å². The molecular weight excluding hydrogens is 264 g/mol. The lowest BCUT2D eigenvalue weighted by molar-refractivity contribution is 0.176. The van der Waals surface area contributed by atoms with Crippen LogP contribution in [0, 0.1) is 0 Å². The fourth-order valence-corrected chi connectivity index (χ4v) is 2.78. The van der Waals surface area contributed by atoms with Crippen LogP contribution in [0.2, 0.25) is 5.02 Å². The van der Waals surface area contributed by atoms with Crippen molar-refractivity contribution in [3.05, 3.63) is 22.7 Å². The van der Waals surface area contributed by atoms with Gasteiger partial charge in [0.25, 0.3) is 0 Å². The number of halogens is 1. The van der Waals surface area contributed by atoms with Crippen LogP contribution in [0.25, 0.3) is 0 Å². The molecule has 2 rings (SSSR count). The second-order valence-electron chi connectivity index (χ2n) is 5.00. The minimum Gasteiger partial charge on any atom is -0.493 e. The topological polar surface area (TPSA) is 38.7 Å². The molecule has 19 heavy (non-hydrogen) atoms. The molecule has 0 atom stereocenters. The zero-order valence-corrected chi connectivity index (χ0v) is 12.1. The molecule has 1 aliphatic carbocycles. The molecule has 1 aliphatic rings. The molecule has 106 valence electrons. The molecule has 3 nitrogen and oxygen atoms in total. The summed E-state index contributed by atoms with van der Waals surface area (Å²) in [6.07, 6.45) is 7.34. The highest BCUT2D eigenvalue weighted by atomic mass is 35.5. The van der Waals surface area contributed by atoms with E-state index in [1.54, 1.807) is 19.2 Å². The van der Waals surface area contributed by atoms with Gasteiger partial charge in [0.15, 0.2) is 11.5 Å². The van der Waals surface area contributed by atoms with Crippen molar-refractivity contribution in [1.29, 1.82) is 0 Å². The van der Waals surface area contributed by atoms with Gasteiger partial charge >= 0.3 is 0 Å². The molecule has 1 saturated carbocycles. The van der Waals surface area contributed by atoms with Gasteiger partial charge in [-0.05, 0) is 43.4 Å². The van der Waals surface area contributed by atoms with Crippen LogP contribution in [0.5, 0.6) is 11.5 Å². The van der Waals surface area contributed by atoms with Gasteiger partial charge in [-0.15, -0.1) is 0 Å². The summed E-state index contributed by atoms with van der Waals surface area (Å²) in [5.41, 5.74) is 0.732. The molecule has 1 aromatic carbocycles. The third-order valence-electron chi connectivity index (χ3n) is 3.56. The second-order valence-corrected chi connectivity index (χ2v) is 5.41. The van der Waals surface area contributed by atoms with Gasteiger partial charge in [0.1, 0.15) is 0 Å². The number of rotatable bonds is 4. The van der Waals surface area contributed by atoms with Gasteiger partial charge in [-0.2, -0.15) is 0 Å². The zero-order valence-electron chi connectivity index (χ0n) is 11.3. The molecule has 4 heteroatoms. The van der Waals surface area contributed by atoms with E-state index in [0.29, 0.717) is 16.5 Å². The Morgan fingerprint density at radius 2 is 1.89 bits per heavy atom. The van der Waals surface area contributed by atoms with Crippen molar-refractivity contribution < 1.29 is 14.6 Å². The number of hydrogen-bond acceptors (Lipinski definition) is 3. The van der Waals surface area contributed by atoms with Crippen molar-refractivity contribution in [2.75, 3.05) is 7.11 Å². The average Bonchev–Trinajstić information content (AvgIpc) is 2.69. The number of hydrogen-bond donors (Lipinski definition) is 1. The standard InChI is InChI=1S/C15H21ClO3/c1-18-14-9-11(10-17)8-13(16)15(14)19-12-6-4-2-3-5-7-12/h8-9,12,17H,2-7,10H2,1H3. The van der Waals surface area contributed by atoms with Gasteiger partial charge in [0.2, 0.25) is 0 Å². The molecule has 1 N–H and O–H groups in total. The first-order chi connectivity index (χ1) is 9.24. The Morgan fingerprint density at radius 1 is 1.21 bits per heavy atom. The minimum atomic E-state index is -0.0558. The summed E-state index contributed by atoms with van der Waals surface area (Å²) in [6.45, 7) is -0.0558.